The van der Waals surface area contributed by atoms with Gasteiger partial charge < -0.3 is 15.3 Å². The zero-order chi connectivity index (χ0) is 14.4. The van der Waals surface area contributed by atoms with Gasteiger partial charge in [0.05, 0.1) is 6.10 Å². The van der Waals surface area contributed by atoms with Crippen LogP contribution >= 0.6 is 23.2 Å². The van der Waals surface area contributed by atoms with Crippen LogP contribution < -0.4 is 5.32 Å². The molecule has 19 heavy (non-hydrogen) atoms. The molecule has 6 heteroatoms. The van der Waals surface area contributed by atoms with Crippen molar-refractivity contribution in [3.8, 4) is 0 Å². The lowest BCUT2D eigenvalue weighted by Gasteiger charge is -2.15. The normalized spacial score (nSPS) is 12.5. The van der Waals surface area contributed by atoms with Crippen LogP contribution in [0.2, 0.25) is 10.0 Å². The molecule has 0 saturated heterocycles. The van der Waals surface area contributed by atoms with Crippen LogP contribution in [0.4, 0.5) is 0 Å². The van der Waals surface area contributed by atoms with E-state index >= 15 is 0 Å². The van der Waals surface area contributed by atoms with Crippen molar-refractivity contribution in [3.63, 3.8) is 0 Å². The van der Waals surface area contributed by atoms with Crippen LogP contribution in [0.3, 0.4) is 0 Å². The molecule has 1 unspecified atom stereocenters. The van der Waals surface area contributed by atoms with Crippen molar-refractivity contribution in [2.75, 3.05) is 27.2 Å². The van der Waals surface area contributed by atoms with Crippen LogP contribution in [0, 0.1) is 0 Å². The summed E-state index contributed by atoms with van der Waals surface area (Å²) in [6.07, 6.45) is -0.528. The Kier molecular flexibility index (Phi) is 6.58. The number of halogens is 2. The summed E-state index contributed by atoms with van der Waals surface area (Å²) >= 11 is 12.0. The van der Waals surface area contributed by atoms with E-state index in [1.807, 2.05) is 19.0 Å². The second kappa shape index (κ2) is 7.70. The lowest BCUT2D eigenvalue weighted by atomic mass is 10.1. The standard InChI is InChI=1S/C13H18Cl2N2O2/c1-17(2)7-6-12(19)16-8-11(18)13-9(14)4-3-5-10(13)15/h3-5,11,18H,6-8H2,1-2H3,(H,16,19). The molecule has 1 aromatic carbocycles. The van der Waals surface area contributed by atoms with Gasteiger partial charge in [-0.05, 0) is 26.2 Å². The summed E-state index contributed by atoms with van der Waals surface area (Å²) in [5, 5.41) is 13.5. The second-order valence-corrected chi connectivity index (χ2v) is 5.32. The number of carbonyl (C=O) groups is 1. The molecular formula is C13H18Cl2N2O2. The van der Waals surface area contributed by atoms with Gasteiger partial charge in [-0.1, -0.05) is 29.3 Å². The molecule has 1 rings (SSSR count). The van der Waals surface area contributed by atoms with E-state index in [4.69, 9.17) is 23.2 Å². The van der Waals surface area contributed by atoms with Gasteiger partial charge in [-0.25, -0.2) is 0 Å². The first-order chi connectivity index (χ1) is 8.91. The van der Waals surface area contributed by atoms with Gasteiger partial charge >= 0.3 is 0 Å². The molecule has 0 aliphatic rings. The molecule has 0 bridgehead atoms. The van der Waals surface area contributed by atoms with Gasteiger partial charge in [-0.3, -0.25) is 4.79 Å². The Morgan fingerprint density at radius 2 is 1.95 bits per heavy atom. The summed E-state index contributed by atoms with van der Waals surface area (Å²) in [5.74, 6) is -0.115. The minimum absolute atomic E-state index is 0.0930. The molecule has 0 saturated carbocycles. The molecule has 0 radical (unpaired) electrons. The molecular weight excluding hydrogens is 287 g/mol. The van der Waals surface area contributed by atoms with E-state index in [9.17, 15) is 9.90 Å². The fourth-order valence-corrected chi connectivity index (χ4v) is 2.20. The zero-order valence-electron chi connectivity index (χ0n) is 11.0. The number of aliphatic hydroxyl groups is 1. The minimum atomic E-state index is -0.912. The fourth-order valence-electron chi connectivity index (χ4n) is 1.56. The maximum Gasteiger partial charge on any atom is 0.221 e. The monoisotopic (exact) mass is 304 g/mol. The molecule has 0 aliphatic heterocycles. The van der Waals surface area contributed by atoms with Crippen molar-refractivity contribution in [2.24, 2.45) is 0 Å². The lowest BCUT2D eigenvalue weighted by Crippen LogP contribution is -2.31. The summed E-state index contributed by atoms with van der Waals surface area (Å²) in [4.78, 5) is 13.5. The van der Waals surface area contributed by atoms with E-state index in [1.54, 1.807) is 18.2 Å². The highest BCUT2D eigenvalue weighted by atomic mass is 35.5. The van der Waals surface area contributed by atoms with Crippen LogP contribution in [0.5, 0.6) is 0 Å². The van der Waals surface area contributed by atoms with Crippen molar-refractivity contribution < 1.29 is 9.90 Å². The lowest BCUT2D eigenvalue weighted by molar-refractivity contribution is -0.121. The third kappa shape index (κ3) is 5.37. The number of rotatable bonds is 6. The Labute approximate surface area is 123 Å². The molecule has 0 heterocycles. The number of amides is 1. The molecule has 4 nitrogen and oxygen atoms in total. The van der Waals surface area contributed by atoms with Crippen LogP contribution in [0.15, 0.2) is 18.2 Å². The van der Waals surface area contributed by atoms with Gasteiger partial charge in [0.2, 0.25) is 5.91 Å². The Morgan fingerprint density at radius 1 is 1.37 bits per heavy atom. The highest BCUT2D eigenvalue weighted by molar-refractivity contribution is 6.36. The van der Waals surface area contributed by atoms with Crippen molar-refractivity contribution in [1.82, 2.24) is 10.2 Å². The second-order valence-electron chi connectivity index (χ2n) is 4.51. The van der Waals surface area contributed by atoms with Gasteiger partial charge in [0.15, 0.2) is 0 Å². The number of nitrogens with zero attached hydrogens (tertiary/aromatic N) is 1. The zero-order valence-corrected chi connectivity index (χ0v) is 12.5. The van der Waals surface area contributed by atoms with Crippen LogP contribution in [-0.2, 0) is 4.79 Å². The van der Waals surface area contributed by atoms with E-state index in [-0.39, 0.29) is 12.5 Å². The van der Waals surface area contributed by atoms with Gasteiger partial charge in [0, 0.05) is 35.1 Å². The summed E-state index contributed by atoms with van der Waals surface area (Å²) in [6.45, 7) is 0.754. The molecule has 1 aromatic rings. The van der Waals surface area contributed by atoms with E-state index in [1.165, 1.54) is 0 Å². The van der Waals surface area contributed by atoms with Crippen molar-refractivity contribution in [2.45, 2.75) is 12.5 Å². The van der Waals surface area contributed by atoms with E-state index in [0.717, 1.165) is 0 Å². The maximum atomic E-state index is 11.5. The van der Waals surface area contributed by atoms with Gasteiger partial charge in [-0.2, -0.15) is 0 Å². The average Bonchev–Trinajstić information content (AvgIpc) is 2.33. The minimum Gasteiger partial charge on any atom is -0.386 e. The Morgan fingerprint density at radius 3 is 2.47 bits per heavy atom. The highest BCUT2D eigenvalue weighted by Gasteiger charge is 2.16. The average molecular weight is 305 g/mol. The quantitative estimate of drug-likeness (QED) is 0.846. The summed E-state index contributed by atoms with van der Waals surface area (Å²) in [5.41, 5.74) is 0.443. The molecule has 0 spiro atoms. The molecule has 1 atom stereocenters. The molecule has 106 valence electrons. The topological polar surface area (TPSA) is 52.6 Å². The number of nitrogens with one attached hydrogen (secondary N) is 1. The van der Waals surface area contributed by atoms with Crippen molar-refractivity contribution in [3.05, 3.63) is 33.8 Å². The maximum absolute atomic E-state index is 11.5. The van der Waals surface area contributed by atoms with Crippen LogP contribution in [-0.4, -0.2) is 43.1 Å². The largest absolute Gasteiger partial charge is 0.386 e. The number of aliphatic hydroxyl groups excluding tert-OH is 1. The third-order valence-corrected chi connectivity index (χ3v) is 3.27. The van der Waals surface area contributed by atoms with Crippen LogP contribution in [0.1, 0.15) is 18.1 Å². The Bertz CT molecular complexity index is 418. The molecule has 2 N–H and O–H groups in total. The van der Waals surface area contributed by atoms with Crippen LogP contribution in [0.25, 0.3) is 0 Å². The Balaban J connectivity index is 2.51. The molecule has 0 fully saturated rings. The fraction of sp³-hybridized carbons (Fsp3) is 0.462. The van der Waals surface area contributed by atoms with Crippen molar-refractivity contribution >= 4 is 29.1 Å². The predicted molar refractivity (Wildman–Crippen MR) is 77.6 cm³/mol. The van der Waals surface area contributed by atoms with Gasteiger partial charge in [-0.15, -0.1) is 0 Å². The molecule has 1 amide bonds. The summed E-state index contributed by atoms with van der Waals surface area (Å²) in [7, 11) is 3.79. The molecule has 0 aliphatic carbocycles. The molecule has 0 aromatic heterocycles. The number of hydrogen-bond donors (Lipinski definition) is 2. The SMILES string of the molecule is CN(C)CCC(=O)NCC(O)c1c(Cl)cccc1Cl. The summed E-state index contributed by atoms with van der Waals surface area (Å²) in [6, 6.07) is 5.01. The van der Waals surface area contributed by atoms with Gasteiger partial charge in [0.25, 0.3) is 0 Å². The Hall–Kier alpha value is -0.810. The predicted octanol–water partition coefficient (Wildman–Crippen LogP) is 2.09. The smallest absolute Gasteiger partial charge is 0.221 e. The number of benzene rings is 1. The first-order valence-electron chi connectivity index (χ1n) is 5.95. The van der Waals surface area contributed by atoms with E-state index < -0.39 is 6.10 Å². The van der Waals surface area contributed by atoms with Gasteiger partial charge in [0.1, 0.15) is 0 Å². The number of carbonyl (C=O) groups excluding carboxylic acids is 1. The van der Waals surface area contributed by atoms with E-state index in [0.29, 0.717) is 28.6 Å². The van der Waals surface area contributed by atoms with Crippen molar-refractivity contribution in [1.29, 1.82) is 0 Å². The first-order valence-corrected chi connectivity index (χ1v) is 6.70. The third-order valence-electron chi connectivity index (χ3n) is 2.61. The highest BCUT2D eigenvalue weighted by Crippen LogP contribution is 2.29. The number of hydrogen-bond acceptors (Lipinski definition) is 3. The first kappa shape index (κ1) is 16.2. The van der Waals surface area contributed by atoms with E-state index in [2.05, 4.69) is 5.32 Å². The summed E-state index contributed by atoms with van der Waals surface area (Å²) < 4.78 is 0.